The molecule has 1 aliphatic rings. The fourth-order valence-corrected chi connectivity index (χ4v) is 3.07. The molecule has 1 heterocycles. The molecule has 1 aliphatic heterocycles. The molecule has 1 aromatic rings. The number of hydrogen-bond donors (Lipinski definition) is 1. The summed E-state index contributed by atoms with van der Waals surface area (Å²) in [6, 6.07) is 9.38. The lowest BCUT2D eigenvalue weighted by Crippen LogP contribution is -2.42. The summed E-state index contributed by atoms with van der Waals surface area (Å²) in [7, 11) is -0.751. The molecule has 0 spiro atoms. The number of benzene rings is 1. The van der Waals surface area contributed by atoms with E-state index in [2.05, 4.69) is 0 Å². The second kappa shape index (κ2) is 6.11. The van der Waals surface area contributed by atoms with Crippen LogP contribution in [0.15, 0.2) is 30.3 Å². The molecule has 5 heteroatoms. The predicted molar refractivity (Wildman–Crippen MR) is 72.4 cm³/mol. The van der Waals surface area contributed by atoms with Gasteiger partial charge in [0.2, 0.25) is 5.91 Å². The Labute approximate surface area is 110 Å². The van der Waals surface area contributed by atoms with Crippen LogP contribution in [0.1, 0.15) is 18.0 Å². The normalized spacial score (nSPS) is 18.6. The maximum atomic E-state index is 12.0. The van der Waals surface area contributed by atoms with E-state index in [1.165, 1.54) is 0 Å². The highest BCUT2D eigenvalue weighted by Crippen LogP contribution is 2.15. The molecule has 0 aromatic heterocycles. The predicted octanol–water partition coefficient (Wildman–Crippen LogP) is 0.667. The molecule has 2 N–H and O–H groups in total. The second-order valence-electron chi connectivity index (χ2n) is 4.45. The molecule has 1 unspecified atom stereocenters. The SMILES string of the molecule is NC(CC(=O)N1CCS(=O)CC1)c1ccccc1. The van der Waals surface area contributed by atoms with E-state index in [4.69, 9.17) is 5.73 Å². The van der Waals surface area contributed by atoms with E-state index in [9.17, 15) is 9.00 Å². The van der Waals surface area contributed by atoms with Crippen LogP contribution in [-0.4, -0.2) is 39.6 Å². The minimum absolute atomic E-state index is 0.0584. The zero-order valence-electron chi connectivity index (χ0n) is 10.2. The number of rotatable bonds is 3. The third kappa shape index (κ3) is 3.40. The van der Waals surface area contributed by atoms with Crippen molar-refractivity contribution in [3.05, 3.63) is 35.9 Å². The van der Waals surface area contributed by atoms with Crippen LogP contribution in [0.3, 0.4) is 0 Å². The topological polar surface area (TPSA) is 63.4 Å². The molecule has 4 nitrogen and oxygen atoms in total. The number of carbonyl (C=O) groups excluding carboxylic acids is 1. The molecule has 0 bridgehead atoms. The molecule has 2 rings (SSSR count). The van der Waals surface area contributed by atoms with Crippen LogP contribution >= 0.6 is 0 Å². The van der Waals surface area contributed by atoms with Crippen LogP contribution in [0.2, 0.25) is 0 Å². The monoisotopic (exact) mass is 266 g/mol. The first-order valence-electron chi connectivity index (χ1n) is 6.10. The molecule has 0 radical (unpaired) electrons. The average molecular weight is 266 g/mol. The van der Waals surface area contributed by atoms with Gasteiger partial charge in [0.15, 0.2) is 0 Å². The van der Waals surface area contributed by atoms with Gasteiger partial charge in [-0.15, -0.1) is 0 Å². The van der Waals surface area contributed by atoms with E-state index in [-0.39, 0.29) is 11.9 Å². The summed E-state index contributed by atoms with van der Waals surface area (Å²) in [5.41, 5.74) is 7.00. The minimum atomic E-state index is -0.751. The van der Waals surface area contributed by atoms with Gasteiger partial charge >= 0.3 is 0 Å². The zero-order valence-corrected chi connectivity index (χ0v) is 11.1. The molecule has 0 aliphatic carbocycles. The summed E-state index contributed by atoms with van der Waals surface area (Å²) in [5, 5.41) is 0. The summed E-state index contributed by atoms with van der Waals surface area (Å²) < 4.78 is 11.2. The second-order valence-corrected chi connectivity index (χ2v) is 6.15. The summed E-state index contributed by atoms with van der Waals surface area (Å²) in [6.07, 6.45) is 0.316. The van der Waals surface area contributed by atoms with Crippen LogP contribution in [-0.2, 0) is 15.6 Å². The van der Waals surface area contributed by atoms with Crippen molar-refractivity contribution in [3.63, 3.8) is 0 Å². The van der Waals surface area contributed by atoms with Crippen molar-refractivity contribution in [2.24, 2.45) is 5.73 Å². The Morgan fingerprint density at radius 1 is 1.28 bits per heavy atom. The molecular formula is C13H18N2O2S. The van der Waals surface area contributed by atoms with Gasteiger partial charge < -0.3 is 10.6 Å². The largest absolute Gasteiger partial charge is 0.341 e. The van der Waals surface area contributed by atoms with Gasteiger partial charge in [0.05, 0.1) is 0 Å². The Balaban J connectivity index is 1.89. The fraction of sp³-hybridized carbons (Fsp3) is 0.462. The van der Waals surface area contributed by atoms with E-state index in [0.29, 0.717) is 31.0 Å². The lowest BCUT2D eigenvalue weighted by molar-refractivity contribution is -0.131. The number of amides is 1. The van der Waals surface area contributed by atoms with E-state index in [0.717, 1.165) is 5.56 Å². The molecule has 1 amide bonds. The van der Waals surface area contributed by atoms with Gasteiger partial charge in [-0.25, -0.2) is 0 Å². The zero-order chi connectivity index (χ0) is 13.0. The first kappa shape index (κ1) is 13.2. The van der Waals surface area contributed by atoms with Gasteiger partial charge in [-0.2, -0.15) is 0 Å². The molecule has 0 saturated carbocycles. The van der Waals surface area contributed by atoms with Crippen molar-refractivity contribution in [2.75, 3.05) is 24.6 Å². The summed E-state index contributed by atoms with van der Waals surface area (Å²) >= 11 is 0. The Hall–Kier alpha value is -1.20. The number of hydrogen-bond acceptors (Lipinski definition) is 3. The fourth-order valence-electron chi connectivity index (χ4n) is 2.02. The standard InChI is InChI=1S/C13H18N2O2S/c14-12(11-4-2-1-3-5-11)10-13(16)15-6-8-18(17)9-7-15/h1-5,12H,6-10,14H2. The van der Waals surface area contributed by atoms with Gasteiger partial charge in [0.1, 0.15) is 0 Å². The maximum Gasteiger partial charge on any atom is 0.224 e. The highest BCUT2D eigenvalue weighted by atomic mass is 32.2. The third-order valence-electron chi connectivity index (χ3n) is 3.15. The third-order valence-corrected chi connectivity index (χ3v) is 4.43. The van der Waals surface area contributed by atoms with E-state index in [1.807, 2.05) is 30.3 Å². The smallest absolute Gasteiger partial charge is 0.224 e. The van der Waals surface area contributed by atoms with Gasteiger partial charge in [0, 0.05) is 47.9 Å². The lowest BCUT2D eigenvalue weighted by atomic mass is 10.0. The number of nitrogens with two attached hydrogens (primary N) is 1. The van der Waals surface area contributed by atoms with Crippen molar-refractivity contribution >= 4 is 16.7 Å². The van der Waals surface area contributed by atoms with Gasteiger partial charge in [-0.3, -0.25) is 9.00 Å². The van der Waals surface area contributed by atoms with E-state index >= 15 is 0 Å². The lowest BCUT2D eigenvalue weighted by Gasteiger charge is -2.27. The molecular weight excluding hydrogens is 248 g/mol. The molecule has 1 aromatic carbocycles. The number of nitrogens with zero attached hydrogens (tertiary/aromatic N) is 1. The average Bonchev–Trinajstić information content (AvgIpc) is 2.40. The van der Waals surface area contributed by atoms with E-state index in [1.54, 1.807) is 4.90 Å². The van der Waals surface area contributed by atoms with Gasteiger partial charge in [-0.05, 0) is 5.56 Å². The Morgan fingerprint density at radius 3 is 2.50 bits per heavy atom. The molecule has 18 heavy (non-hydrogen) atoms. The van der Waals surface area contributed by atoms with Crippen LogP contribution < -0.4 is 5.73 Å². The van der Waals surface area contributed by atoms with Crippen molar-refractivity contribution in [1.82, 2.24) is 4.90 Å². The molecule has 1 fully saturated rings. The highest BCUT2D eigenvalue weighted by Gasteiger charge is 2.21. The van der Waals surface area contributed by atoms with Crippen molar-refractivity contribution in [3.8, 4) is 0 Å². The summed E-state index contributed by atoms with van der Waals surface area (Å²) in [4.78, 5) is 13.8. The summed E-state index contributed by atoms with van der Waals surface area (Å²) in [6.45, 7) is 1.18. The van der Waals surface area contributed by atoms with E-state index < -0.39 is 10.8 Å². The first-order chi connectivity index (χ1) is 8.66. The molecule has 1 atom stereocenters. The van der Waals surface area contributed by atoms with Gasteiger partial charge in [0.25, 0.3) is 0 Å². The first-order valence-corrected chi connectivity index (χ1v) is 7.59. The number of carbonyl (C=O) groups is 1. The molecule has 98 valence electrons. The van der Waals surface area contributed by atoms with Crippen LogP contribution in [0.4, 0.5) is 0 Å². The molecule has 1 saturated heterocycles. The van der Waals surface area contributed by atoms with Crippen LogP contribution in [0, 0.1) is 0 Å². The highest BCUT2D eigenvalue weighted by molar-refractivity contribution is 7.85. The van der Waals surface area contributed by atoms with Gasteiger partial charge in [-0.1, -0.05) is 30.3 Å². The Kier molecular flexibility index (Phi) is 4.49. The van der Waals surface area contributed by atoms with Crippen molar-refractivity contribution in [1.29, 1.82) is 0 Å². The van der Waals surface area contributed by atoms with Crippen LogP contribution in [0.25, 0.3) is 0 Å². The summed E-state index contributed by atoms with van der Waals surface area (Å²) in [5.74, 6) is 1.24. The minimum Gasteiger partial charge on any atom is -0.341 e. The quantitative estimate of drug-likeness (QED) is 0.874. The Morgan fingerprint density at radius 2 is 1.89 bits per heavy atom. The maximum absolute atomic E-state index is 12.0. The van der Waals surface area contributed by atoms with Crippen molar-refractivity contribution < 1.29 is 9.00 Å². The Bertz CT molecular complexity index is 426. The van der Waals surface area contributed by atoms with Crippen molar-refractivity contribution in [2.45, 2.75) is 12.5 Å². The van der Waals surface area contributed by atoms with Crippen LogP contribution in [0.5, 0.6) is 0 Å².